The molecule has 6 rings (SSSR count). The second-order valence-corrected chi connectivity index (χ2v) is 16.2. The zero-order valence-corrected chi connectivity index (χ0v) is 36.7. The summed E-state index contributed by atoms with van der Waals surface area (Å²) in [6, 6.07) is 27.2. The highest BCUT2D eigenvalue weighted by Crippen LogP contribution is 2.47. The molecule has 0 radical (unpaired) electrons. The van der Waals surface area contributed by atoms with Crippen molar-refractivity contribution in [3.8, 4) is 33.4 Å². The minimum Gasteiger partial charge on any atom is -0.508 e. The van der Waals surface area contributed by atoms with Gasteiger partial charge in [-0.1, -0.05) is 28.1 Å². The Hall–Kier alpha value is -5.08. The van der Waals surface area contributed by atoms with Crippen molar-refractivity contribution in [3.05, 3.63) is 101 Å². The number of aldehydes is 3. The van der Waals surface area contributed by atoms with Crippen molar-refractivity contribution >= 4 is 68.3 Å². The van der Waals surface area contributed by atoms with Crippen LogP contribution in [0.5, 0.6) is 23.0 Å². The Bertz CT molecular complexity index is 2070. The number of aromatic hydroxyl groups is 1. The fourth-order valence-corrected chi connectivity index (χ4v) is 7.68. The highest BCUT2D eigenvalue weighted by molar-refractivity contribution is 9.10. The number of phenolic OH excluding ortho intramolecular Hbond substituents is 1. The lowest BCUT2D eigenvalue weighted by Gasteiger charge is -2.36. The molecule has 5 aromatic rings. The van der Waals surface area contributed by atoms with Crippen molar-refractivity contribution in [2.45, 2.75) is 45.1 Å². The zero-order valence-electron chi connectivity index (χ0n) is 34.3. The second-order valence-electron chi connectivity index (χ2n) is 14.3. The van der Waals surface area contributed by atoms with Crippen LogP contribution in [-0.2, 0) is 9.59 Å². The van der Waals surface area contributed by atoms with E-state index in [1.165, 1.54) is 0 Å². The lowest BCUT2D eigenvalue weighted by molar-refractivity contribution is -0.109. The van der Waals surface area contributed by atoms with Gasteiger partial charge in [-0.2, -0.15) is 0 Å². The van der Waals surface area contributed by atoms with Gasteiger partial charge in [0.2, 0.25) is 6.41 Å². The number of nitrogens with one attached hydrogen (secondary N) is 1. The van der Waals surface area contributed by atoms with Crippen LogP contribution < -0.4 is 19.7 Å². The summed E-state index contributed by atoms with van der Waals surface area (Å²) in [7, 11) is 5.61. The molecule has 1 amide bonds. The van der Waals surface area contributed by atoms with E-state index in [4.69, 9.17) is 14.3 Å². The van der Waals surface area contributed by atoms with Gasteiger partial charge in [0, 0.05) is 77.1 Å². The molecule has 1 aliphatic heterocycles. The lowest BCUT2D eigenvalue weighted by atomic mass is 10.1. The fourth-order valence-electron chi connectivity index (χ4n) is 6.25. The van der Waals surface area contributed by atoms with E-state index in [0.717, 1.165) is 125 Å². The number of rotatable bonds is 18. The van der Waals surface area contributed by atoms with E-state index in [2.05, 4.69) is 55.0 Å². The molecule has 1 atom stereocenters. The number of fused-ring (bicyclic) bond motifs is 1. The Morgan fingerprint density at radius 1 is 0.847 bits per heavy atom. The number of ether oxygens (including phenoxy) is 2. The van der Waals surface area contributed by atoms with Gasteiger partial charge >= 0.3 is 0 Å². The van der Waals surface area contributed by atoms with E-state index in [1.54, 1.807) is 36.6 Å². The molecule has 1 unspecified atom stereocenters. The van der Waals surface area contributed by atoms with Crippen molar-refractivity contribution < 1.29 is 33.8 Å². The topological polar surface area (TPSA) is 129 Å². The predicted octanol–water partition coefficient (Wildman–Crippen LogP) is 9.10. The molecule has 4 aromatic carbocycles. The molecule has 2 heterocycles. The van der Waals surface area contributed by atoms with Crippen LogP contribution in [-0.4, -0.2) is 107 Å². The maximum absolute atomic E-state index is 11.3. The van der Waals surface area contributed by atoms with Crippen molar-refractivity contribution in [3.63, 3.8) is 0 Å². The van der Waals surface area contributed by atoms with Crippen LogP contribution in [0.15, 0.2) is 89.4 Å². The predicted molar refractivity (Wildman–Crippen MR) is 242 cm³/mol. The molecule has 0 bridgehead atoms. The number of carbonyl (C=O) groups is 4. The molecule has 1 aromatic heterocycles. The summed E-state index contributed by atoms with van der Waals surface area (Å²) < 4.78 is 14.4. The molecular weight excluding hydrogens is 832 g/mol. The van der Waals surface area contributed by atoms with Gasteiger partial charge in [0.05, 0.1) is 11.5 Å². The number of phenols is 1. The van der Waals surface area contributed by atoms with E-state index in [1.807, 2.05) is 68.7 Å². The largest absolute Gasteiger partial charge is 0.508 e. The lowest BCUT2D eigenvalue weighted by Crippen LogP contribution is -2.46. The molecule has 0 spiro atoms. The van der Waals surface area contributed by atoms with Crippen LogP contribution in [0.25, 0.3) is 20.5 Å². The Morgan fingerprint density at radius 2 is 1.53 bits per heavy atom. The minimum atomic E-state index is 0.234. The van der Waals surface area contributed by atoms with E-state index in [-0.39, 0.29) is 5.75 Å². The van der Waals surface area contributed by atoms with Gasteiger partial charge in [0.1, 0.15) is 23.5 Å². The number of nitrogens with zero attached hydrogens (tertiary/aromatic N) is 3. The summed E-state index contributed by atoms with van der Waals surface area (Å²) in [6.45, 7) is 7.59. The number of amides is 1. The highest BCUT2D eigenvalue weighted by Gasteiger charge is 2.19. The SMILES string of the molecule is CC(CCC=O)N(C)C.CNC=O.O=Cc1ccc(N2CCN(CCCCCOc3ccc(Oc4c(-c5ccc(Br)cc5)sc5cc(O)ccc45)cc3)CC2)cc1C=O. The van der Waals surface area contributed by atoms with Gasteiger partial charge in [0.25, 0.3) is 0 Å². The summed E-state index contributed by atoms with van der Waals surface area (Å²) in [6.07, 6.45) is 7.92. The second kappa shape index (κ2) is 24.8. The maximum atomic E-state index is 11.3. The van der Waals surface area contributed by atoms with E-state index in [0.29, 0.717) is 36.6 Å². The first kappa shape index (κ1) is 46.6. The normalized spacial score (nSPS) is 13.0. The monoisotopic (exact) mass is 886 g/mol. The average molecular weight is 888 g/mol. The van der Waals surface area contributed by atoms with Crippen molar-refractivity contribution in [2.24, 2.45) is 0 Å². The van der Waals surface area contributed by atoms with Crippen LogP contribution >= 0.6 is 27.3 Å². The number of hydrogen-bond donors (Lipinski definition) is 2. The van der Waals surface area contributed by atoms with Gasteiger partial charge in [-0.3, -0.25) is 19.3 Å². The molecule has 2 N–H and O–H groups in total. The molecule has 0 saturated carbocycles. The fraction of sp³-hybridized carbons (Fsp3) is 0.348. The molecule has 1 fully saturated rings. The van der Waals surface area contributed by atoms with Crippen molar-refractivity contribution in [2.75, 3.05) is 65.4 Å². The number of halogens is 1. The Labute approximate surface area is 360 Å². The van der Waals surface area contributed by atoms with Crippen LogP contribution in [0.4, 0.5) is 5.69 Å². The first-order valence-corrected chi connectivity index (χ1v) is 21.4. The van der Waals surface area contributed by atoms with Gasteiger partial charge < -0.3 is 34.5 Å². The summed E-state index contributed by atoms with van der Waals surface area (Å²) >= 11 is 5.11. The quantitative estimate of drug-likeness (QED) is 0.0650. The van der Waals surface area contributed by atoms with Gasteiger partial charge in [-0.05, 0) is 132 Å². The number of thiophene rings is 1. The van der Waals surface area contributed by atoms with Gasteiger partial charge in [-0.15, -0.1) is 11.3 Å². The number of unbranched alkanes of at least 4 members (excludes halogenated alkanes) is 2. The molecule has 13 heteroatoms. The first-order valence-electron chi connectivity index (χ1n) is 19.8. The molecule has 0 aliphatic carbocycles. The minimum absolute atomic E-state index is 0.234. The molecule has 11 nitrogen and oxygen atoms in total. The molecule has 59 heavy (non-hydrogen) atoms. The summed E-state index contributed by atoms with van der Waals surface area (Å²) in [5.74, 6) is 2.55. The van der Waals surface area contributed by atoms with Crippen LogP contribution in [0.1, 0.15) is 59.7 Å². The number of anilines is 1. The number of hydrogen-bond acceptors (Lipinski definition) is 11. The Kier molecular flexibility index (Phi) is 19.6. The molecular formula is C46H55BrN4O7S. The van der Waals surface area contributed by atoms with E-state index in [9.17, 15) is 19.5 Å². The third-order valence-electron chi connectivity index (χ3n) is 9.93. The smallest absolute Gasteiger partial charge is 0.206 e. The van der Waals surface area contributed by atoms with Gasteiger partial charge in [-0.25, -0.2) is 0 Å². The Morgan fingerprint density at radius 3 is 2.15 bits per heavy atom. The Balaban J connectivity index is 0.000000513. The third kappa shape index (κ3) is 14.6. The van der Waals surface area contributed by atoms with Crippen LogP contribution in [0.3, 0.4) is 0 Å². The summed E-state index contributed by atoms with van der Waals surface area (Å²) in [4.78, 5) is 49.3. The summed E-state index contributed by atoms with van der Waals surface area (Å²) in [5, 5.41) is 13.2. The van der Waals surface area contributed by atoms with E-state index < -0.39 is 0 Å². The first-order chi connectivity index (χ1) is 28.6. The standard InChI is InChI=1S/C37H35BrN2O5S.C7H15NO.C2H5NO/c38-29-7-4-26(5-8-29)37-36(34-15-10-31(43)23-35(34)46-37)45-33-13-11-32(12-14-33)44-21-3-1-2-16-39-17-19-40(20-18-39)30-9-6-27(24-41)28(22-30)25-42;1-7(8(2)3)5-4-6-9;1-3-2-4/h4-15,22-25,43H,1-3,16-21H2;6-7H,4-5H2,1-3H3;2H,1H3,(H,3,4). The zero-order chi connectivity index (χ0) is 42.6. The van der Waals surface area contributed by atoms with Crippen LogP contribution in [0, 0.1) is 0 Å². The highest BCUT2D eigenvalue weighted by atomic mass is 79.9. The average Bonchev–Trinajstić information content (AvgIpc) is 3.61. The molecule has 314 valence electrons. The van der Waals surface area contributed by atoms with E-state index >= 15 is 0 Å². The number of carbonyl (C=O) groups excluding carboxylic acids is 4. The van der Waals surface area contributed by atoms with Crippen LogP contribution in [0.2, 0.25) is 0 Å². The third-order valence-corrected chi connectivity index (χ3v) is 11.6. The number of piperazine rings is 1. The van der Waals surface area contributed by atoms with Crippen molar-refractivity contribution in [1.82, 2.24) is 15.1 Å². The molecule has 1 aliphatic rings. The van der Waals surface area contributed by atoms with Gasteiger partial charge in [0.15, 0.2) is 18.3 Å². The number of benzene rings is 4. The summed E-state index contributed by atoms with van der Waals surface area (Å²) in [5.41, 5.74) is 2.93. The molecule has 1 saturated heterocycles. The maximum Gasteiger partial charge on any atom is 0.206 e. The van der Waals surface area contributed by atoms with Crippen molar-refractivity contribution in [1.29, 1.82) is 0 Å².